The van der Waals surface area contributed by atoms with Gasteiger partial charge in [0, 0.05) is 0 Å². The van der Waals surface area contributed by atoms with E-state index in [0.717, 1.165) is 17.7 Å². The summed E-state index contributed by atoms with van der Waals surface area (Å²) in [5.74, 6) is 0. The minimum Gasteiger partial charge on any atom is -0.365 e. The van der Waals surface area contributed by atoms with Crippen molar-refractivity contribution in [3.05, 3.63) is 29.6 Å². The van der Waals surface area contributed by atoms with Crippen LogP contribution in [0.3, 0.4) is 0 Å². The Balaban J connectivity index is 2.47. The fourth-order valence-electron chi connectivity index (χ4n) is 0.729. The summed E-state index contributed by atoms with van der Waals surface area (Å²) in [6.45, 7) is 2.90. The first kappa shape index (κ1) is 7.63. The number of allylic oxidation sites excluding steroid dienone is 2. The van der Waals surface area contributed by atoms with Gasteiger partial charge in [-0.15, -0.1) is 0 Å². The molecule has 55 valence electrons. The number of halogens is 1. The molecule has 1 heterocycles. The molecule has 1 radical (unpaired) electrons. The molecule has 0 unspecified atom stereocenters. The zero-order valence-electron chi connectivity index (χ0n) is 5.82. The van der Waals surface area contributed by atoms with Gasteiger partial charge in [0.05, 0.1) is 5.03 Å². The van der Waals surface area contributed by atoms with Gasteiger partial charge in [-0.25, -0.2) is 0 Å². The van der Waals surface area contributed by atoms with Crippen molar-refractivity contribution in [1.82, 2.24) is 10.6 Å². The molecule has 0 aromatic rings. The molecule has 2 nitrogen and oxygen atoms in total. The van der Waals surface area contributed by atoms with E-state index < -0.39 is 0 Å². The van der Waals surface area contributed by atoms with Crippen LogP contribution in [0, 0.1) is 6.17 Å². The second kappa shape index (κ2) is 3.64. The maximum Gasteiger partial charge on any atom is 0.168 e. The molecule has 0 spiro atoms. The summed E-state index contributed by atoms with van der Waals surface area (Å²) in [6.07, 6.45) is 6.43. The van der Waals surface area contributed by atoms with Crippen LogP contribution in [-0.4, -0.2) is 6.54 Å². The quantitative estimate of drug-likeness (QED) is 0.632. The molecule has 1 aliphatic heterocycles. The van der Waals surface area contributed by atoms with E-state index in [-0.39, 0.29) is 0 Å². The van der Waals surface area contributed by atoms with Gasteiger partial charge in [-0.1, -0.05) is 18.5 Å². The summed E-state index contributed by atoms with van der Waals surface area (Å²) in [5, 5.41) is 6.81. The molecular weight excluding hydrogens is 148 g/mol. The highest BCUT2D eigenvalue weighted by atomic mass is 35.5. The smallest absolute Gasteiger partial charge is 0.168 e. The topological polar surface area (TPSA) is 24.1 Å². The standard InChI is InChI=1S/C7H10ClN2/c1-2-9-7-6(8)4-3-5-10-7/h3-5,9-10H,2H2,1H3. The highest BCUT2D eigenvalue weighted by Gasteiger charge is 2.11. The minimum absolute atomic E-state index is 0.726. The number of dihydropyridines is 1. The fraction of sp³-hybridized carbons (Fsp3) is 0.286. The van der Waals surface area contributed by atoms with Crippen LogP contribution in [0.2, 0.25) is 0 Å². The fourth-order valence-corrected chi connectivity index (χ4v) is 0.923. The molecule has 0 aliphatic carbocycles. The molecule has 0 aromatic carbocycles. The summed E-state index contributed by atoms with van der Waals surface area (Å²) in [6, 6.07) is 0. The maximum absolute atomic E-state index is 5.81. The third-order valence-electron chi connectivity index (χ3n) is 1.16. The molecule has 0 saturated carbocycles. The highest BCUT2D eigenvalue weighted by Crippen LogP contribution is 2.14. The van der Waals surface area contributed by atoms with Gasteiger partial charge >= 0.3 is 0 Å². The molecule has 0 bridgehead atoms. The lowest BCUT2D eigenvalue weighted by atomic mass is 10.3. The highest BCUT2D eigenvalue weighted by molar-refractivity contribution is 6.31. The first-order valence-corrected chi connectivity index (χ1v) is 3.62. The van der Waals surface area contributed by atoms with E-state index >= 15 is 0 Å². The van der Waals surface area contributed by atoms with Crippen LogP contribution < -0.4 is 10.6 Å². The lowest BCUT2D eigenvalue weighted by molar-refractivity contribution is 0.690. The third-order valence-corrected chi connectivity index (χ3v) is 1.47. The summed E-state index contributed by atoms with van der Waals surface area (Å²) < 4.78 is 0. The van der Waals surface area contributed by atoms with Crippen molar-refractivity contribution in [2.75, 3.05) is 6.54 Å². The number of rotatable bonds is 2. The van der Waals surface area contributed by atoms with Crippen LogP contribution in [-0.2, 0) is 0 Å². The zero-order valence-corrected chi connectivity index (χ0v) is 6.57. The van der Waals surface area contributed by atoms with Crippen molar-refractivity contribution in [3.8, 4) is 0 Å². The Morgan fingerprint density at radius 1 is 1.70 bits per heavy atom. The van der Waals surface area contributed by atoms with Gasteiger partial charge in [-0.3, -0.25) is 5.32 Å². The Bertz CT molecular complexity index is 163. The van der Waals surface area contributed by atoms with E-state index in [1.807, 2.05) is 25.3 Å². The Hall–Kier alpha value is -0.470. The molecule has 0 saturated heterocycles. The van der Waals surface area contributed by atoms with Crippen LogP contribution in [0.1, 0.15) is 6.92 Å². The van der Waals surface area contributed by atoms with Crippen molar-refractivity contribution < 1.29 is 0 Å². The molecule has 2 N–H and O–H groups in total. The number of hydrogen-bond acceptors (Lipinski definition) is 2. The molecule has 0 amide bonds. The van der Waals surface area contributed by atoms with Crippen molar-refractivity contribution in [1.29, 1.82) is 0 Å². The molecule has 1 aliphatic rings. The normalized spacial score (nSPS) is 18.4. The largest absolute Gasteiger partial charge is 0.365 e. The summed E-state index contributed by atoms with van der Waals surface area (Å²) in [7, 11) is 0. The minimum atomic E-state index is 0.726. The van der Waals surface area contributed by atoms with Crippen LogP contribution >= 0.6 is 11.6 Å². The SMILES string of the molecule is CCN[C]1NC=CC=C1Cl. The van der Waals surface area contributed by atoms with E-state index in [2.05, 4.69) is 10.6 Å². The first-order chi connectivity index (χ1) is 4.84. The van der Waals surface area contributed by atoms with Gasteiger partial charge in [0.15, 0.2) is 6.17 Å². The van der Waals surface area contributed by atoms with Gasteiger partial charge in [-0.05, 0) is 24.9 Å². The van der Waals surface area contributed by atoms with Crippen molar-refractivity contribution in [3.63, 3.8) is 0 Å². The van der Waals surface area contributed by atoms with Crippen LogP contribution in [0.5, 0.6) is 0 Å². The predicted molar refractivity (Wildman–Crippen MR) is 43.1 cm³/mol. The third kappa shape index (κ3) is 1.75. The van der Waals surface area contributed by atoms with Gasteiger partial charge in [0.25, 0.3) is 0 Å². The molecule has 0 aromatic heterocycles. The van der Waals surface area contributed by atoms with Crippen molar-refractivity contribution in [2.45, 2.75) is 6.92 Å². The molecule has 0 fully saturated rings. The Morgan fingerprint density at radius 3 is 3.10 bits per heavy atom. The Labute approximate surface area is 65.9 Å². The van der Waals surface area contributed by atoms with Crippen LogP contribution in [0.15, 0.2) is 23.4 Å². The van der Waals surface area contributed by atoms with Crippen molar-refractivity contribution in [2.24, 2.45) is 0 Å². The van der Waals surface area contributed by atoms with E-state index in [9.17, 15) is 0 Å². The number of nitrogens with one attached hydrogen (secondary N) is 2. The van der Waals surface area contributed by atoms with Gasteiger partial charge in [-0.2, -0.15) is 0 Å². The second-order valence-corrected chi connectivity index (χ2v) is 2.33. The molecule has 0 atom stereocenters. The predicted octanol–water partition coefficient (Wildman–Crippen LogP) is 1.32. The van der Waals surface area contributed by atoms with Crippen LogP contribution in [0.4, 0.5) is 0 Å². The average molecular weight is 158 g/mol. The lowest BCUT2D eigenvalue weighted by Crippen LogP contribution is -2.32. The molecular formula is C7H10ClN2. The Kier molecular flexibility index (Phi) is 2.78. The maximum atomic E-state index is 5.81. The second-order valence-electron chi connectivity index (χ2n) is 1.92. The summed E-state index contributed by atoms with van der Waals surface area (Å²) >= 11 is 5.81. The van der Waals surface area contributed by atoms with Gasteiger partial charge in [0.2, 0.25) is 0 Å². The van der Waals surface area contributed by atoms with Crippen molar-refractivity contribution >= 4 is 11.6 Å². The van der Waals surface area contributed by atoms with E-state index in [0.29, 0.717) is 0 Å². The van der Waals surface area contributed by atoms with Crippen LogP contribution in [0.25, 0.3) is 0 Å². The average Bonchev–Trinajstić information content (AvgIpc) is 1.94. The van der Waals surface area contributed by atoms with Gasteiger partial charge in [0.1, 0.15) is 0 Å². The zero-order chi connectivity index (χ0) is 7.40. The number of likely N-dealkylation sites (N-methyl/N-ethyl adjacent to an activating group) is 1. The first-order valence-electron chi connectivity index (χ1n) is 3.24. The van der Waals surface area contributed by atoms with E-state index in [1.54, 1.807) is 0 Å². The Morgan fingerprint density at radius 2 is 2.50 bits per heavy atom. The summed E-state index contributed by atoms with van der Waals surface area (Å²) in [4.78, 5) is 0. The van der Waals surface area contributed by atoms with E-state index in [1.165, 1.54) is 0 Å². The molecule has 1 rings (SSSR count). The molecule has 10 heavy (non-hydrogen) atoms. The summed E-state index contributed by atoms with van der Waals surface area (Å²) in [5.41, 5.74) is 0. The number of hydrogen-bond donors (Lipinski definition) is 2. The monoisotopic (exact) mass is 157 g/mol. The molecule has 3 heteroatoms. The van der Waals surface area contributed by atoms with E-state index in [4.69, 9.17) is 11.6 Å². The lowest BCUT2D eigenvalue weighted by Gasteiger charge is -2.17. The van der Waals surface area contributed by atoms with Gasteiger partial charge < -0.3 is 5.32 Å².